The standard InChI is InChI=1S/C20H32N2O3/c23-18-9-4-6-15-14-17(10-12-20(15)11-5-13-22(18)20)25-19(24)21-16-7-2-1-3-8-16/h15-17H,1-14H2,(H,21,24)/t15-,17-,20+/m0/s1. The summed E-state index contributed by atoms with van der Waals surface area (Å²) in [5, 5.41) is 3.08. The zero-order valence-electron chi connectivity index (χ0n) is 15.3. The number of nitrogens with one attached hydrogen (secondary N) is 1. The summed E-state index contributed by atoms with van der Waals surface area (Å²) in [6, 6.07) is 0.303. The van der Waals surface area contributed by atoms with Gasteiger partial charge in [-0.1, -0.05) is 19.3 Å². The van der Waals surface area contributed by atoms with Gasteiger partial charge in [0.05, 0.1) is 0 Å². The van der Waals surface area contributed by atoms with Gasteiger partial charge in [0, 0.05) is 24.5 Å². The molecule has 5 heteroatoms. The molecule has 4 fully saturated rings. The van der Waals surface area contributed by atoms with Crippen molar-refractivity contribution in [2.75, 3.05) is 6.54 Å². The average Bonchev–Trinajstić information content (AvgIpc) is 2.98. The van der Waals surface area contributed by atoms with Gasteiger partial charge in [-0.05, 0) is 63.7 Å². The Morgan fingerprint density at radius 2 is 1.88 bits per heavy atom. The minimum atomic E-state index is -0.221. The lowest BCUT2D eigenvalue weighted by molar-refractivity contribution is -0.138. The van der Waals surface area contributed by atoms with Crippen LogP contribution in [0.1, 0.15) is 83.5 Å². The number of rotatable bonds is 2. The Balaban J connectivity index is 1.35. The van der Waals surface area contributed by atoms with Crippen LogP contribution in [-0.2, 0) is 9.53 Å². The molecule has 0 radical (unpaired) electrons. The predicted molar refractivity (Wildman–Crippen MR) is 95.1 cm³/mol. The molecule has 2 saturated heterocycles. The normalized spacial score (nSPS) is 36.3. The van der Waals surface area contributed by atoms with Gasteiger partial charge in [-0.25, -0.2) is 4.79 Å². The molecule has 25 heavy (non-hydrogen) atoms. The minimum absolute atomic E-state index is 0.0230. The average molecular weight is 348 g/mol. The first kappa shape index (κ1) is 17.2. The van der Waals surface area contributed by atoms with Gasteiger partial charge in [0.25, 0.3) is 0 Å². The number of ether oxygens (including phenoxy) is 1. The number of amides is 2. The van der Waals surface area contributed by atoms with Crippen LogP contribution in [0.15, 0.2) is 0 Å². The molecule has 0 bridgehead atoms. The van der Waals surface area contributed by atoms with Crippen molar-refractivity contribution in [3.8, 4) is 0 Å². The highest BCUT2D eigenvalue weighted by atomic mass is 16.6. The Hall–Kier alpha value is -1.26. The van der Waals surface area contributed by atoms with Crippen LogP contribution in [0.4, 0.5) is 4.79 Å². The summed E-state index contributed by atoms with van der Waals surface area (Å²) in [6.07, 6.45) is 13.6. The molecule has 3 atom stereocenters. The molecular weight excluding hydrogens is 316 g/mol. The Kier molecular flexibility index (Phi) is 4.92. The zero-order chi connectivity index (χ0) is 17.3. The van der Waals surface area contributed by atoms with Crippen molar-refractivity contribution in [2.24, 2.45) is 5.92 Å². The van der Waals surface area contributed by atoms with Gasteiger partial charge < -0.3 is 15.0 Å². The summed E-state index contributed by atoms with van der Waals surface area (Å²) in [5.74, 6) is 0.858. The van der Waals surface area contributed by atoms with Crippen LogP contribution < -0.4 is 5.32 Å². The number of carbonyl (C=O) groups excluding carboxylic acids is 2. The number of hydrogen-bond acceptors (Lipinski definition) is 3. The van der Waals surface area contributed by atoms with Crippen LogP contribution in [0.2, 0.25) is 0 Å². The first-order valence-electron chi connectivity index (χ1n) is 10.4. The van der Waals surface area contributed by atoms with E-state index in [-0.39, 0.29) is 17.7 Å². The summed E-state index contributed by atoms with van der Waals surface area (Å²) in [7, 11) is 0. The highest BCUT2D eigenvalue weighted by Gasteiger charge is 2.52. The Morgan fingerprint density at radius 3 is 2.72 bits per heavy atom. The molecule has 5 nitrogen and oxygen atoms in total. The van der Waals surface area contributed by atoms with E-state index in [1.807, 2.05) is 0 Å². The van der Waals surface area contributed by atoms with Crippen molar-refractivity contribution in [3.05, 3.63) is 0 Å². The maximum atomic E-state index is 12.5. The van der Waals surface area contributed by atoms with Crippen molar-refractivity contribution in [3.63, 3.8) is 0 Å². The van der Waals surface area contributed by atoms with E-state index in [0.29, 0.717) is 24.3 Å². The molecule has 0 aromatic rings. The fraction of sp³-hybridized carbons (Fsp3) is 0.900. The van der Waals surface area contributed by atoms with E-state index >= 15 is 0 Å². The first-order valence-corrected chi connectivity index (χ1v) is 10.4. The third kappa shape index (κ3) is 3.39. The van der Waals surface area contributed by atoms with E-state index in [4.69, 9.17) is 4.74 Å². The molecule has 2 amide bonds. The maximum Gasteiger partial charge on any atom is 0.407 e. The zero-order valence-corrected chi connectivity index (χ0v) is 15.3. The van der Waals surface area contributed by atoms with Crippen LogP contribution in [0, 0.1) is 5.92 Å². The second-order valence-electron chi connectivity index (χ2n) is 8.62. The van der Waals surface area contributed by atoms with Crippen LogP contribution in [0.5, 0.6) is 0 Å². The molecule has 1 N–H and O–H groups in total. The van der Waals surface area contributed by atoms with E-state index in [9.17, 15) is 9.59 Å². The highest BCUT2D eigenvalue weighted by Crippen LogP contribution is 2.49. The van der Waals surface area contributed by atoms with Crippen molar-refractivity contribution in [1.82, 2.24) is 10.2 Å². The fourth-order valence-electron chi connectivity index (χ4n) is 5.96. The van der Waals surface area contributed by atoms with E-state index in [1.54, 1.807) is 0 Å². The fourth-order valence-corrected chi connectivity index (χ4v) is 5.96. The Bertz CT molecular complexity index is 517. The molecule has 140 valence electrons. The molecule has 2 heterocycles. The second kappa shape index (κ2) is 7.16. The van der Waals surface area contributed by atoms with Crippen molar-refractivity contribution in [2.45, 2.75) is 101 Å². The SMILES string of the molecule is O=C(NC1CCCCC1)O[C@H]1CC[C@@]23CCCN2C(=O)CCC[C@H]3C1. The monoisotopic (exact) mass is 348 g/mol. The molecule has 0 aromatic heterocycles. The van der Waals surface area contributed by atoms with Gasteiger partial charge in [-0.2, -0.15) is 0 Å². The van der Waals surface area contributed by atoms with Crippen LogP contribution in [0.3, 0.4) is 0 Å². The van der Waals surface area contributed by atoms with E-state index in [0.717, 1.165) is 64.3 Å². The summed E-state index contributed by atoms with van der Waals surface area (Å²) >= 11 is 0. The maximum absolute atomic E-state index is 12.5. The molecule has 2 saturated carbocycles. The van der Waals surface area contributed by atoms with E-state index in [1.165, 1.54) is 19.3 Å². The van der Waals surface area contributed by atoms with Gasteiger partial charge >= 0.3 is 6.09 Å². The van der Waals surface area contributed by atoms with Gasteiger partial charge in [-0.3, -0.25) is 4.79 Å². The topological polar surface area (TPSA) is 58.6 Å². The number of hydrogen-bond donors (Lipinski definition) is 1. The molecule has 4 rings (SSSR count). The Morgan fingerprint density at radius 1 is 1.04 bits per heavy atom. The summed E-state index contributed by atoms with van der Waals surface area (Å²) in [6.45, 7) is 0.934. The quantitative estimate of drug-likeness (QED) is 0.826. The predicted octanol–water partition coefficient (Wildman–Crippen LogP) is 3.76. The van der Waals surface area contributed by atoms with Gasteiger partial charge in [-0.15, -0.1) is 0 Å². The van der Waals surface area contributed by atoms with E-state index in [2.05, 4.69) is 10.2 Å². The smallest absolute Gasteiger partial charge is 0.407 e. The summed E-state index contributed by atoms with van der Waals surface area (Å²) in [5.41, 5.74) is 0.0767. The third-order valence-corrected chi connectivity index (χ3v) is 7.18. The van der Waals surface area contributed by atoms with Crippen molar-refractivity contribution < 1.29 is 14.3 Å². The van der Waals surface area contributed by atoms with Gasteiger partial charge in [0.15, 0.2) is 0 Å². The highest BCUT2D eigenvalue weighted by molar-refractivity contribution is 5.78. The lowest BCUT2D eigenvalue weighted by Gasteiger charge is -2.48. The lowest BCUT2D eigenvalue weighted by atomic mass is 9.69. The summed E-state index contributed by atoms with van der Waals surface area (Å²) < 4.78 is 5.80. The molecule has 0 aromatic carbocycles. The number of nitrogens with zero attached hydrogens (tertiary/aromatic N) is 1. The van der Waals surface area contributed by atoms with Crippen LogP contribution >= 0.6 is 0 Å². The molecule has 2 aliphatic carbocycles. The van der Waals surface area contributed by atoms with Crippen LogP contribution in [-0.4, -0.2) is 41.1 Å². The molecule has 2 aliphatic heterocycles. The number of carbonyl (C=O) groups is 2. The van der Waals surface area contributed by atoms with Gasteiger partial charge in [0.1, 0.15) is 6.10 Å². The van der Waals surface area contributed by atoms with Crippen LogP contribution in [0.25, 0.3) is 0 Å². The minimum Gasteiger partial charge on any atom is -0.446 e. The van der Waals surface area contributed by atoms with E-state index < -0.39 is 0 Å². The lowest BCUT2D eigenvalue weighted by Crippen LogP contribution is -2.55. The number of alkyl carbamates (subject to hydrolysis) is 1. The molecule has 0 unspecified atom stereocenters. The third-order valence-electron chi connectivity index (χ3n) is 7.18. The first-order chi connectivity index (χ1) is 12.2. The van der Waals surface area contributed by atoms with Crippen molar-refractivity contribution in [1.29, 1.82) is 0 Å². The molecular formula is C20H32N2O3. The second-order valence-corrected chi connectivity index (χ2v) is 8.62. The molecule has 1 spiro atoms. The molecule has 4 aliphatic rings. The summed E-state index contributed by atoms with van der Waals surface area (Å²) in [4.78, 5) is 26.9. The van der Waals surface area contributed by atoms with Crippen molar-refractivity contribution >= 4 is 12.0 Å². The Labute approximate surface area is 150 Å². The van der Waals surface area contributed by atoms with Gasteiger partial charge in [0.2, 0.25) is 5.91 Å². The largest absolute Gasteiger partial charge is 0.446 e.